The largest absolute Gasteiger partial charge is 0.416 e. The van der Waals surface area contributed by atoms with Gasteiger partial charge in [-0.2, -0.15) is 13.2 Å². The summed E-state index contributed by atoms with van der Waals surface area (Å²) in [5.41, 5.74) is 1.38. The van der Waals surface area contributed by atoms with Gasteiger partial charge >= 0.3 is 12.2 Å². The number of carbonyl (C=O) groups is 1. The van der Waals surface area contributed by atoms with Crippen LogP contribution in [0.2, 0.25) is 0 Å². The van der Waals surface area contributed by atoms with Crippen LogP contribution in [-0.4, -0.2) is 53.6 Å². The summed E-state index contributed by atoms with van der Waals surface area (Å²) in [7, 11) is 0. The first-order valence-electron chi connectivity index (χ1n) is 10.0. The van der Waals surface area contributed by atoms with Gasteiger partial charge in [-0.3, -0.25) is 0 Å². The maximum Gasteiger partial charge on any atom is 0.416 e. The Bertz CT molecular complexity index is 1060. The van der Waals surface area contributed by atoms with E-state index in [9.17, 15) is 18.0 Å². The fourth-order valence-electron chi connectivity index (χ4n) is 3.58. The topological polar surface area (TPSA) is 76.3 Å². The number of piperazine rings is 1. The van der Waals surface area contributed by atoms with Gasteiger partial charge in [0.2, 0.25) is 0 Å². The monoisotopic (exact) mass is 432 g/mol. The molecule has 31 heavy (non-hydrogen) atoms. The lowest BCUT2D eigenvalue weighted by Gasteiger charge is -2.34. The van der Waals surface area contributed by atoms with Crippen LogP contribution >= 0.6 is 0 Å². The second-order valence-corrected chi connectivity index (χ2v) is 7.34. The molecular weight excluding hydrogens is 409 g/mol. The zero-order valence-electron chi connectivity index (χ0n) is 17.0. The number of likely N-dealkylation sites (N-methyl/N-ethyl adjacent to an activating group) is 1. The van der Waals surface area contributed by atoms with Crippen molar-refractivity contribution in [3.8, 4) is 0 Å². The number of halogens is 3. The van der Waals surface area contributed by atoms with Gasteiger partial charge in [-0.05, 0) is 42.9 Å². The SMILES string of the molecule is CCN1CCN(c2ccc3[nH]cc(NC(=O)Nc4ccc(C(F)(F)F)cc4)c3n2)CC1. The molecule has 3 N–H and O–H groups in total. The van der Waals surface area contributed by atoms with E-state index in [0.29, 0.717) is 11.2 Å². The molecular formula is C21H23F3N6O. The highest BCUT2D eigenvalue weighted by Gasteiger charge is 2.30. The van der Waals surface area contributed by atoms with E-state index in [-0.39, 0.29) is 5.69 Å². The minimum Gasteiger partial charge on any atom is -0.358 e. The highest BCUT2D eigenvalue weighted by Crippen LogP contribution is 2.30. The van der Waals surface area contributed by atoms with E-state index in [1.807, 2.05) is 12.1 Å². The Morgan fingerprint density at radius 2 is 1.77 bits per heavy atom. The van der Waals surface area contributed by atoms with Gasteiger partial charge in [-0.15, -0.1) is 0 Å². The molecule has 0 radical (unpaired) electrons. The second-order valence-electron chi connectivity index (χ2n) is 7.34. The smallest absolute Gasteiger partial charge is 0.358 e. The van der Waals surface area contributed by atoms with Crippen molar-refractivity contribution >= 4 is 34.3 Å². The average Bonchev–Trinajstić information content (AvgIpc) is 3.15. The van der Waals surface area contributed by atoms with Crippen molar-refractivity contribution in [1.29, 1.82) is 0 Å². The molecule has 2 aromatic heterocycles. The molecule has 10 heteroatoms. The van der Waals surface area contributed by atoms with E-state index in [2.05, 4.69) is 32.3 Å². The molecule has 3 aromatic rings. The van der Waals surface area contributed by atoms with Gasteiger partial charge in [0.05, 0.1) is 16.8 Å². The molecule has 1 fully saturated rings. The molecule has 4 rings (SSSR count). The number of H-pyrrole nitrogens is 1. The van der Waals surface area contributed by atoms with E-state index in [0.717, 1.165) is 56.2 Å². The number of rotatable bonds is 4. The van der Waals surface area contributed by atoms with E-state index in [1.165, 1.54) is 12.1 Å². The summed E-state index contributed by atoms with van der Waals surface area (Å²) >= 11 is 0. The lowest BCUT2D eigenvalue weighted by atomic mass is 10.2. The Hall–Kier alpha value is -3.27. The Labute approximate surface area is 177 Å². The van der Waals surface area contributed by atoms with Crippen molar-refractivity contribution in [2.45, 2.75) is 13.1 Å². The Morgan fingerprint density at radius 1 is 1.06 bits per heavy atom. The van der Waals surface area contributed by atoms with Gasteiger partial charge in [-0.25, -0.2) is 9.78 Å². The normalized spacial score (nSPS) is 15.3. The number of aromatic nitrogens is 2. The zero-order chi connectivity index (χ0) is 22.0. The van der Waals surface area contributed by atoms with E-state index >= 15 is 0 Å². The number of nitrogens with one attached hydrogen (secondary N) is 3. The molecule has 1 aliphatic rings. The maximum atomic E-state index is 12.7. The first kappa shape index (κ1) is 21.0. The number of amides is 2. The van der Waals surface area contributed by atoms with Gasteiger partial charge in [0.15, 0.2) is 0 Å². The summed E-state index contributed by atoms with van der Waals surface area (Å²) in [5.74, 6) is 0.842. The third-order valence-electron chi connectivity index (χ3n) is 5.37. The minimum atomic E-state index is -4.42. The molecule has 1 saturated heterocycles. The van der Waals surface area contributed by atoms with E-state index in [1.54, 1.807) is 6.20 Å². The molecule has 0 bridgehead atoms. The fourth-order valence-corrected chi connectivity index (χ4v) is 3.58. The molecule has 0 unspecified atom stereocenters. The third-order valence-corrected chi connectivity index (χ3v) is 5.37. The maximum absolute atomic E-state index is 12.7. The predicted octanol–water partition coefficient (Wildman–Crippen LogP) is 4.37. The van der Waals surface area contributed by atoms with Crippen molar-refractivity contribution in [3.05, 3.63) is 48.2 Å². The summed E-state index contributed by atoms with van der Waals surface area (Å²) in [6, 6.07) is 7.58. The number of nitrogens with zero attached hydrogens (tertiary/aromatic N) is 3. The van der Waals surface area contributed by atoms with Crippen LogP contribution in [0.5, 0.6) is 0 Å². The lowest BCUT2D eigenvalue weighted by Crippen LogP contribution is -2.46. The van der Waals surface area contributed by atoms with Crippen molar-refractivity contribution in [1.82, 2.24) is 14.9 Å². The summed E-state index contributed by atoms with van der Waals surface area (Å²) in [6.07, 6.45) is -2.78. The molecule has 7 nitrogen and oxygen atoms in total. The Balaban J connectivity index is 1.45. The highest BCUT2D eigenvalue weighted by molar-refractivity contribution is 6.05. The molecule has 2 amide bonds. The average molecular weight is 432 g/mol. The van der Waals surface area contributed by atoms with Crippen LogP contribution in [0, 0.1) is 0 Å². The summed E-state index contributed by atoms with van der Waals surface area (Å²) in [5, 5.41) is 5.25. The molecule has 3 heterocycles. The van der Waals surface area contributed by atoms with Gasteiger partial charge in [-0.1, -0.05) is 6.92 Å². The van der Waals surface area contributed by atoms with Crippen LogP contribution in [0.3, 0.4) is 0 Å². The first-order chi connectivity index (χ1) is 14.8. The highest BCUT2D eigenvalue weighted by atomic mass is 19.4. The number of anilines is 3. The number of fused-ring (bicyclic) bond motifs is 1. The van der Waals surface area contributed by atoms with Crippen molar-refractivity contribution in [3.63, 3.8) is 0 Å². The first-order valence-corrected chi connectivity index (χ1v) is 10.0. The third kappa shape index (κ3) is 4.74. The number of benzene rings is 1. The molecule has 1 aliphatic heterocycles. The number of hydrogen-bond acceptors (Lipinski definition) is 4. The molecule has 0 saturated carbocycles. The quantitative estimate of drug-likeness (QED) is 0.572. The zero-order valence-corrected chi connectivity index (χ0v) is 17.0. The van der Waals surface area contributed by atoms with Crippen molar-refractivity contribution in [2.24, 2.45) is 0 Å². The molecule has 164 valence electrons. The number of pyridine rings is 1. The lowest BCUT2D eigenvalue weighted by molar-refractivity contribution is -0.137. The van der Waals surface area contributed by atoms with E-state index < -0.39 is 17.8 Å². The molecule has 0 atom stereocenters. The van der Waals surface area contributed by atoms with Crippen LogP contribution in [0.4, 0.5) is 35.2 Å². The molecule has 1 aromatic carbocycles. The Morgan fingerprint density at radius 3 is 2.42 bits per heavy atom. The minimum absolute atomic E-state index is 0.257. The second kappa shape index (κ2) is 8.46. The number of aromatic amines is 1. The van der Waals surface area contributed by atoms with Gasteiger partial charge in [0.1, 0.15) is 11.3 Å². The number of urea groups is 1. The number of carbonyl (C=O) groups excluding carboxylic acids is 1. The standard InChI is InChI=1S/C21H23F3N6O/c1-2-29-9-11-30(12-10-29)18-8-7-16-19(28-18)17(13-25-16)27-20(31)26-15-5-3-14(4-6-15)21(22,23)24/h3-8,13,25H,2,9-12H2,1H3,(H2,26,27,31). The van der Waals surface area contributed by atoms with Gasteiger partial charge < -0.3 is 25.4 Å². The van der Waals surface area contributed by atoms with Crippen LogP contribution in [0.1, 0.15) is 12.5 Å². The van der Waals surface area contributed by atoms with Crippen LogP contribution in [0.25, 0.3) is 11.0 Å². The predicted molar refractivity (Wildman–Crippen MR) is 115 cm³/mol. The van der Waals surface area contributed by atoms with Gasteiger partial charge in [0, 0.05) is 38.1 Å². The van der Waals surface area contributed by atoms with Crippen LogP contribution in [-0.2, 0) is 6.18 Å². The van der Waals surface area contributed by atoms with Gasteiger partial charge in [0.25, 0.3) is 0 Å². The number of hydrogen-bond donors (Lipinski definition) is 3. The summed E-state index contributed by atoms with van der Waals surface area (Å²) in [4.78, 5) is 24.7. The fraction of sp³-hybridized carbons (Fsp3) is 0.333. The van der Waals surface area contributed by atoms with E-state index in [4.69, 9.17) is 4.98 Å². The summed E-state index contributed by atoms with van der Waals surface area (Å²) < 4.78 is 38.0. The molecule has 0 spiro atoms. The summed E-state index contributed by atoms with van der Waals surface area (Å²) in [6.45, 7) is 6.89. The van der Waals surface area contributed by atoms with Crippen molar-refractivity contribution < 1.29 is 18.0 Å². The number of alkyl halides is 3. The molecule has 0 aliphatic carbocycles. The van der Waals surface area contributed by atoms with Crippen LogP contribution in [0.15, 0.2) is 42.6 Å². The Kier molecular flexibility index (Phi) is 5.73. The van der Waals surface area contributed by atoms with Crippen molar-refractivity contribution in [2.75, 3.05) is 48.3 Å². The van der Waals surface area contributed by atoms with Crippen LogP contribution < -0.4 is 15.5 Å².